The van der Waals surface area contributed by atoms with Gasteiger partial charge in [-0.05, 0) is 35.9 Å². The quantitative estimate of drug-likeness (QED) is 0.513. The zero-order valence-electron chi connectivity index (χ0n) is 15.4. The molecule has 0 unspecified atom stereocenters. The van der Waals surface area contributed by atoms with Gasteiger partial charge in [-0.1, -0.05) is 60.1 Å². The minimum absolute atomic E-state index is 0.188. The minimum atomic E-state index is -0.203. The summed E-state index contributed by atoms with van der Waals surface area (Å²) in [6.45, 7) is 0. The van der Waals surface area contributed by atoms with Gasteiger partial charge in [0.15, 0.2) is 5.82 Å². The maximum absolute atomic E-state index is 13.3. The number of imidazole rings is 1. The summed E-state index contributed by atoms with van der Waals surface area (Å²) in [6.07, 6.45) is 0.580. The van der Waals surface area contributed by atoms with Gasteiger partial charge >= 0.3 is 0 Å². The van der Waals surface area contributed by atoms with Crippen LogP contribution in [0, 0.1) is 0 Å². The van der Waals surface area contributed by atoms with Gasteiger partial charge in [0.05, 0.1) is 17.1 Å². The number of fused-ring (bicyclic) bond motifs is 1. The molecule has 3 aromatic carbocycles. The number of nitrogens with one attached hydrogen (secondary N) is 1. The fourth-order valence-electron chi connectivity index (χ4n) is 3.62. The molecule has 1 N–H and O–H groups in total. The first-order valence-electron chi connectivity index (χ1n) is 9.36. The van der Waals surface area contributed by atoms with Crippen molar-refractivity contribution in [2.45, 2.75) is 12.5 Å². The molecule has 142 valence electrons. The Kier molecular flexibility index (Phi) is 4.37. The van der Waals surface area contributed by atoms with Crippen LogP contribution in [0.3, 0.4) is 0 Å². The average Bonchev–Trinajstić information content (AvgIpc) is 3.38. The molecule has 4 aromatic rings. The van der Waals surface area contributed by atoms with Crippen LogP contribution in [0.25, 0.3) is 11.0 Å². The molecule has 1 aromatic heterocycles. The summed E-state index contributed by atoms with van der Waals surface area (Å²) in [6, 6.07) is 24.5. The lowest BCUT2D eigenvalue weighted by atomic mass is 10.0. The predicted octanol–water partition coefficient (Wildman–Crippen LogP) is 5.21. The second kappa shape index (κ2) is 7.18. The van der Waals surface area contributed by atoms with E-state index in [1.807, 2.05) is 54.6 Å². The molecule has 2 heterocycles. The number of amides is 1. The van der Waals surface area contributed by atoms with Crippen molar-refractivity contribution in [1.82, 2.24) is 15.0 Å². The van der Waals surface area contributed by atoms with Crippen molar-refractivity contribution in [3.8, 4) is 0 Å². The van der Waals surface area contributed by atoms with Crippen LogP contribution < -0.4 is 0 Å². The van der Waals surface area contributed by atoms with Crippen molar-refractivity contribution in [3.05, 3.63) is 101 Å². The molecule has 0 fully saturated rings. The highest BCUT2D eigenvalue weighted by molar-refractivity contribution is 6.31. The molecule has 5 rings (SSSR count). The van der Waals surface area contributed by atoms with E-state index in [4.69, 9.17) is 11.6 Å². The minimum Gasteiger partial charge on any atom is -0.337 e. The number of benzene rings is 3. The standard InChI is InChI=1S/C23H17ClN4O/c24-17-10-6-9-16(13-17)23(29)28-21(15-7-2-1-3-8-15)14-20(27-28)22-25-18-11-4-5-12-19(18)26-22/h1-13,21H,14H2,(H,25,26)/t21-/m1/s1. The number of hydrogen-bond acceptors (Lipinski definition) is 3. The number of aromatic nitrogens is 2. The maximum atomic E-state index is 13.3. The van der Waals surface area contributed by atoms with Gasteiger partial charge in [0.25, 0.3) is 5.91 Å². The van der Waals surface area contributed by atoms with Crippen LogP contribution in [0.5, 0.6) is 0 Å². The Morgan fingerprint density at radius 2 is 1.79 bits per heavy atom. The van der Waals surface area contributed by atoms with Crippen LogP contribution in [0.1, 0.15) is 34.2 Å². The van der Waals surface area contributed by atoms with Gasteiger partial charge < -0.3 is 4.98 Å². The number of hydrazone groups is 1. The van der Waals surface area contributed by atoms with E-state index in [9.17, 15) is 4.79 Å². The van der Waals surface area contributed by atoms with Crippen molar-refractivity contribution in [1.29, 1.82) is 0 Å². The molecule has 0 saturated carbocycles. The van der Waals surface area contributed by atoms with Crippen molar-refractivity contribution in [2.75, 3.05) is 0 Å². The van der Waals surface area contributed by atoms with E-state index < -0.39 is 0 Å². The summed E-state index contributed by atoms with van der Waals surface area (Å²) >= 11 is 6.10. The van der Waals surface area contributed by atoms with Gasteiger partial charge in [0.2, 0.25) is 0 Å². The summed E-state index contributed by atoms with van der Waals surface area (Å²) in [7, 11) is 0. The Balaban J connectivity index is 1.56. The third-order valence-corrected chi connectivity index (χ3v) is 5.27. The van der Waals surface area contributed by atoms with E-state index >= 15 is 0 Å². The van der Waals surface area contributed by atoms with E-state index in [2.05, 4.69) is 15.1 Å². The molecule has 6 heteroatoms. The first kappa shape index (κ1) is 17.6. The molecule has 0 bridgehead atoms. The highest BCUT2D eigenvalue weighted by atomic mass is 35.5. The fraction of sp³-hybridized carbons (Fsp3) is 0.0870. The van der Waals surface area contributed by atoms with Crippen LogP contribution in [-0.2, 0) is 0 Å². The first-order chi connectivity index (χ1) is 14.2. The van der Waals surface area contributed by atoms with Gasteiger partial charge in [-0.15, -0.1) is 0 Å². The summed E-state index contributed by atoms with van der Waals surface area (Å²) in [4.78, 5) is 21.2. The molecule has 1 aliphatic rings. The van der Waals surface area contributed by atoms with Crippen LogP contribution in [0.2, 0.25) is 5.02 Å². The van der Waals surface area contributed by atoms with Crippen LogP contribution in [-0.4, -0.2) is 26.6 Å². The Hall–Kier alpha value is -3.44. The van der Waals surface area contributed by atoms with Crippen LogP contribution in [0.15, 0.2) is 84.0 Å². The topological polar surface area (TPSA) is 61.4 Å². The van der Waals surface area contributed by atoms with Crippen molar-refractivity contribution in [3.63, 3.8) is 0 Å². The maximum Gasteiger partial charge on any atom is 0.274 e. The van der Waals surface area contributed by atoms with Gasteiger partial charge in [-0.3, -0.25) is 4.79 Å². The molecule has 1 atom stereocenters. The SMILES string of the molecule is O=C(c1cccc(Cl)c1)N1N=C(c2nc3ccccc3[nH]2)C[C@@H]1c1ccccc1. The average molecular weight is 401 g/mol. The number of H-pyrrole nitrogens is 1. The third-order valence-electron chi connectivity index (χ3n) is 5.04. The summed E-state index contributed by atoms with van der Waals surface area (Å²) < 4.78 is 0. The number of para-hydroxylation sites is 2. The van der Waals surface area contributed by atoms with Crippen molar-refractivity contribution in [2.24, 2.45) is 5.10 Å². The second-order valence-corrected chi connectivity index (χ2v) is 7.38. The largest absolute Gasteiger partial charge is 0.337 e. The Labute approximate surface area is 172 Å². The summed E-state index contributed by atoms with van der Waals surface area (Å²) in [5.74, 6) is 0.501. The lowest BCUT2D eigenvalue weighted by molar-refractivity contribution is 0.0711. The summed E-state index contributed by atoms with van der Waals surface area (Å²) in [5.41, 5.74) is 4.11. The van der Waals surface area contributed by atoms with Gasteiger partial charge in [-0.2, -0.15) is 5.10 Å². The van der Waals surface area contributed by atoms with Crippen molar-refractivity contribution < 1.29 is 4.79 Å². The molecule has 1 aliphatic heterocycles. The zero-order chi connectivity index (χ0) is 19.8. The predicted molar refractivity (Wildman–Crippen MR) is 114 cm³/mol. The highest BCUT2D eigenvalue weighted by Crippen LogP contribution is 2.34. The molecule has 0 radical (unpaired) electrons. The lowest BCUT2D eigenvalue weighted by Crippen LogP contribution is -2.27. The van der Waals surface area contributed by atoms with E-state index in [0.717, 1.165) is 22.3 Å². The Morgan fingerprint density at radius 1 is 1.00 bits per heavy atom. The van der Waals surface area contributed by atoms with Crippen LogP contribution in [0.4, 0.5) is 0 Å². The molecule has 1 amide bonds. The molecule has 0 spiro atoms. The molecule has 29 heavy (non-hydrogen) atoms. The first-order valence-corrected chi connectivity index (χ1v) is 9.73. The Morgan fingerprint density at radius 3 is 2.59 bits per heavy atom. The molecular weight excluding hydrogens is 384 g/mol. The van der Waals surface area contributed by atoms with E-state index in [1.165, 1.54) is 0 Å². The van der Waals surface area contributed by atoms with Crippen LogP contribution >= 0.6 is 11.6 Å². The third kappa shape index (κ3) is 3.30. The number of halogens is 1. The number of nitrogens with zero attached hydrogens (tertiary/aromatic N) is 3. The van der Waals surface area contributed by atoms with E-state index in [-0.39, 0.29) is 11.9 Å². The Bertz CT molecular complexity index is 1200. The number of rotatable bonds is 3. The highest BCUT2D eigenvalue weighted by Gasteiger charge is 2.34. The molecular formula is C23H17ClN4O. The van der Waals surface area contributed by atoms with Gasteiger partial charge in [-0.25, -0.2) is 9.99 Å². The van der Waals surface area contributed by atoms with E-state index in [0.29, 0.717) is 22.8 Å². The lowest BCUT2D eigenvalue weighted by Gasteiger charge is -2.22. The number of carbonyl (C=O) groups excluding carboxylic acids is 1. The molecule has 0 aliphatic carbocycles. The summed E-state index contributed by atoms with van der Waals surface area (Å²) in [5, 5.41) is 6.75. The van der Waals surface area contributed by atoms with Gasteiger partial charge in [0.1, 0.15) is 5.71 Å². The number of hydrogen-bond donors (Lipinski definition) is 1. The second-order valence-electron chi connectivity index (χ2n) is 6.94. The zero-order valence-corrected chi connectivity index (χ0v) is 16.2. The molecule has 0 saturated heterocycles. The normalized spacial score (nSPS) is 16.2. The van der Waals surface area contributed by atoms with Crippen molar-refractivity contribution >= 4 is 34.3 Å². The van der Waals surface area contributed by atoms with E-state index in [1.54, 1.807) is 29.3 Å². The van der Waals surface area contributed by atoms with Gasteiger partial charge in [0, 0.05) is 17.0 Å². The number of aromatic amines is 1. The smallest absolute Gasteiger partial charge is 0.274 e. The monoisotopic (exact) mass is 400 g/mol. The molecule has 5 nitrogen and oxygen atoms in total. The number of carbonyl (C=O) groups is 1. The fourth-order valence-corrected chi connectivity index (χ4v) is 3.81.